The van der Waals surface area contributed by atoms with Crippen molar-refractivity contribution >= 4 is 11.6 Å². The van der Waals surface area contributed by atoms with Crippen molar-refractivity contribution in [1.82, 2.24) is 0 Å². The molecule has 0 radical (unpaired) electrons. The molecule has 0 bridgehead atoms. The lowest BCUT2D eigenvalue weighted by atomic mass is 10.1. The van der Waals surface area contributed by atoms with Crippen LogP contribution < -0.4 is 0 Å². The summed E-state index contributed by atoms with van der Waals surface area (Å²) in [4.78, 5) is 0. The van der Waals surface area contributed by atoms with E-state index in [0.717, 1.165) is 19.3 Å². The molecule has 0 unspecified atom stereocenters. The first kappa shape index (κ1) is 9.59. The maximum atomic E-state index is 5.35. The van der Waals surface area contributed by atoms with Gasteiger partial charge in [-0.1, -0.05) is 11.5 Å². The lowest BCUT2D eigenvalue weighted by Gasteiger charge is -1.92. The van der Waals surface area contributed by atoms with Gasteiger partial charge in [0.1, 0.15) is 0 Å². The van der Waals surface area contributed by atoms with E-state index in [-0.39, 0.29) is 0 Å². The summed E-state index contributed by atoms with van der Waals surface area (Å²) in [5, 5.41) is 0. The molecule has 0 rings (SSSR count). The van der Waals surface area contributed by atoms with E-state index < -0.39 is 0 Å². The summed E-state index contributed by atoms with van der Waals surface area (Å²) in [6, 6.07) is 0. The Bertz CT molecular complexity index is 148. The van der Waals surface area contributed by atoms with Gasteiger partial charge in [-0.3, -0.25) is 0 Å². The third-order valence-corrected chi connectivity index (χ3v) is 1.23. The molecule has 0 saturated heterocycles. The molecule has 0 aliphatic carbocycles. The largest absolute Gasteiger partial charge is 0.113 e. The fourth-order valence-corrected chi connectivity index (χ4v) is 0.709. The van der Waals surface area contributed by atoms with Crippen LogP contribution in [0.15, 0.2) is 12.2 Å². The van der Waals surface area contributed by atoms with Crippen LogP contribution in [0.3, 0.4) is 0 Å². The van der Waals surface area contributed by atoms with Gasteiger partial charge < -0.3 is 0 Å². The van der Waals surface area contributed by atoms with Crippen molar-refractivity contribution in [3.63, 3.8) is 0 Å². The van der Waals surface area contributed by atoms with Crippen molar-refractivity contribution in [2.45, 2.75) is 26.2 Å². The van der Waals surface area contributed by atoms with Crippen LogP contribution >= 0.6 is 11.6 Å². The lowest BCUT2D eigenvalue weighted by molar-refractivity contribution is 0.849. The highest BCUT2D eigenvalue weighted by Crippen LogP contribution is 2.01. The van der Waals surface area contributed by atoms with Gasteiger partial charge in [0.25, 0.3) is 0 Å². The van der Waals surface area contributed by atoms with E-state index in [9.17, 15) is 0 Å². The van der Waals surface area contributed by atoms with Crippen molar-refractivity contribution in [2.75, 3.05) is 5.88 Å². The first-order chi connectivity index (χ1) is 4.77. The van der Waals surface area contributed by atoms with Gasteiger partial charge >= 0.3 is 0 Å². The number of rotatable bonds is 3. The number of alkyl halides is 1. The van der Waals surface area contributed by atoms with Gasteiger partial charge in [-0.25, -0.2) is 0 Å². The third kappa shape index (κ3) is 7.59. The van der Waals surface area contributed by atoms with E-state index in [4.69, 9.17) is 11.6 Å². The zero-order chi connectivity index (χ0) is 7.82. The summed E-state index contributed by atoms with van der Waals surface area (Å²) in [5.41, 5.74) is 1.23. The molecule has 0 aliphatic rings. The van der Waals surface area contributed by atoms with Gasteiger partial charge in [0.15, 0.2) is 0 Å². The Labute approximate surface area is 68.3 Å². The van der Waals surface area contributed by atoms with Crippen molar-refractivity contribution < 1.29 is 0 Å². The van der Waals surface area contributed by atoms with Gasteiger partial charge in [-0.2, -0.15) is 0 Å². The zero-order valence-electron chi connectivity index (χ0n) is 6.41. The molecule has 0 atom stereocenters. The van der Waals surface area contributed by atoms with Crippen LogP contribution in [0.1, 0.15) is 26.2 Å². The minimum atomic E-state index is 0.451. The summed E-state index contributed by atoms with van der Waals surface area (Å²) < 4.78 is 0. The Morgan fingerprint density at radius 1 is 1.50 bits per heavy atom. The van der Waals surface area contributed by atoms with Gasteiger partial charge in [-0.05, 0) is 19.8 Å². The van der Waals surface area contributed by atoms with Crippen LogP contribution in [0.4, 0.5) is 0 Å². The van der Waals surface area contributed by atoms with Crippen LogP contribution in [0.5, 0.6) is 0 Å². The van der Waals surface area contributed by atoms with Crippen LogP contribution in [0.25, 0.3) is 0 Å². The third-order valence-electron chi connectivity index (χ3n) is 1.10. The predicted octanol–water partition coefficient (Wildman–Crippen LogP) is 2.98. The minimum Gasteiger partial charge on any atom is -0.113 e. The fraction of sp³-hybridized carbons (Fsp3) is 0.556. The maximum absolute atomic E-state index is 5.35. The monoisotopic (exact) mass is 156 g/mol. The molecule has 0 aromatic carbocycles. The second-order valence-electron chi connectivity index (χ2n) is 2.30. The molecule has 1 heteroatoms. The van der Waals surface area contributed by atoms with Crippen molar-refractivity contribution in [2.24, 2.45) is 0 Å². The van der Waals surface area contributed by atoms with E-state index in [1.54, 1.807) is 0 Å². The average Bonchev–Trinajstić information content (AvgIpc) is 1.87. The lowest BCUT2D eigenvalue weighted by Crippen LogP contribution is -1.74. The predicted molar refractivity (Wildman–Crippen MR) is 47.2 cm³/mol. The van der Waals surface area contributed by atoms with E-state index in [2.05, 4.69) is 18.4 Å². The second-order valence-corrected chi connectivity index (χ2v) is 2.57. The quantitative estimate of drug-likeness (QED) is 0.255. The molecule has 0 saturated carbocycles. The van der Waals surface area contributed by atoms with Crippen molar-refractivity contribution in [3.05, 3.63) is 12.2 Å². The molecule has 10 heavy (non-hydrogen) atoms. The highest BCUT2D eigenvalue weighted by atomic mass is 35.5. The molecule has 0 N–H and O–H groups in total. The van der Waals surface area contributed by atoms with Crippen molar-refractivity contribution in [3.8, 4) is 11.8 Å². The summed E-state index contributed by atoms with van der Waals surface area (Å²) >= 11 is 5.35. The van der Waals surface area contributed by atoms with Gasteiger partial charge in [-0.15, -0.1) is 24.1 Å². The number of halogens is 1. The summed E-state index contributed by atoms with van der Waals surface area (Å²) in [7, 11) is 0. The SMILES string of the molecule is C=C(C)CCCC#CCCl. The summed E-state index contributed by atoms with van der Waals surface area (Å²) in [6.07, 6.45) is 3.13. The molecule has 0 spiro atoms. The molecule has 0 aromatic heterocycles. The van der Waals surface area contributed by atoms with Crippen LogP contribution in [0, 0.1) is 11.8 Å². The zero-order valence-corrected chi connectivity index (χ0v) is 7.17. The highest BCUT2D eigenvalue weighted by Gasteiger charge is 1.83. The normalized spacial score (nSPS) is 8.20. The Hall–Kier alpha value is -0.410. The van der Waals surface area contributed by atoms with Crippen LogP contribution in [-0.2, 0) is 0 Å². The number of hydrogen-bond acceptors (Lipinski definition) is 0. The second kappa shape index (κ2) is 6.71. The molecule has 0 nitrogen and oxygen atoms in total. The molecule has 0 fully saturated rings. The average molecular weight is 157 g/mol. The van der Waals surface area contributed by atoms with Crippen LogP contribution in [0.2, 0.25) is 0 Å². The van der Waals surface area contributed by atoms with Gasteiger partial charge in [0, 0.05) is 6.42 Å². The summed E-state index contributed by atoms with van der Waals surface area (Å²) in [6.45, 7) is 5.84. The molecule has 56 valence electrons. The molecule has 0 amide bonds. The Balaban J connectivity index is 3.13. The fourth-order valence-electron chi connectivity index (χ4n) is 0.614. The summed E-state index contributed by atoms with van der Waals surface area (Å²) in [5.74, 6) is 6.23. The smallest absolute Gasteiger partial charge is 0.0835 e. The molecular weight excluding hydrogens is 144 g/mol. The number of allylic oxidation sites excluding steroid dienone is 1. The van der Waals surface area contributed by atoms with E-state index in [0.29, 0.717) is 5.88 Å². The van der Waals surface area contributed by atoms with E-state index in [1.165, 1.54) is 5.57 Å². The van der Waals surface area contributed by atoms with Gasteiger partial charge in [0.2, 0.25) is 0 Å². The highest BCUT2D eigenvalue weighted by molar-refractivity contribution is 6.19. The molecule has 0 heterocycles. The number of hydrogen-bond donors (Lipinski definition) is 0. The van der Waals surface area contributed by atoms with Gasteiger partial charge in [0.05, 0.1) is 5.88 Å². The van der Waals surface area contributed by atoms with E-state index >= 15 is 0 Å². The topological polar surface area (TPSA) is 0 Å². The number of unbranched alkanes of at least 4 members (excludes halogenated alkanes) is 1. The Morgan fingerprint density at radius 3 is 2.70 bits per heavy atom. The van der Waals surface area contributed by atoms with E-state index in [1.807, 2.05) is 6.92 Å². The standard InChI is InChI=1S/C9H13Cl/c1-9(2)7-5-3-4-6-8-10/h1,3,5,7-8H2,2H3. The maximum Gasteiger partial charge on any atom is 0.0835 e. The Kier molecular flexibility index (Phi) is 6.43. The first-order valence-electron chi connectivity index (χ1n) is 3.43. The molecule has 0 aromatic rings. The Morgan fingerprint density at radius 2 is 2.20 bits per heavy atom. The molecule has 0 aliphatic heterocycles. The first-order valence-corrected chi connectivity index (χ1v) is 3.97. The van der Waals surface area contributed by atoms with Crippen molar-refractivity contribution in [1.29, 1.82) is 0 Å². The minimum absolute atomic E-state index is 0.451. The molecular formula is C9H13Cl. The van der Waals surface area contributed by atoms with Crippen LogP contribution in [-0.4, -0.2) is 5.88 Å².